The van der Waals surface area contributed by atoms with Crippen LogP contribution in [0.2, 0.25) is 0 Å². The molecule has 6 heteroatoms. The van der Waals surface area contributed by atoms with Crippen molar-refractivity contribution in [2.45, 2.75) is 59.1 Å². The predicted molar refractivity (Wildman–Crippen MR) is 103 cm³/mol. The Morgan fingerprint density at radius 2 is 2.20 bits per heavy atom. The van der Waals surface area contributed by atoms with Gasteiger partial charge in [-0.05, 0) is 68.1 Å². The van der Waals surface area contributed by atoms with Crippen molar-refractivity contribution in [1.82, 2.24) is 15.2 Å². The van der Waals surface area contributed by atoms with Crippen molar-refractivity contribution in [1.29, 1.82) is 0 Å². The Bertz CT molecular complexity index is 571. The van der Waals surface area contributed by atoms with Crippen LogP contribution in [-0.2, 0) is 11.3 Å². The number of rotatable bonds is 5. The zero-order valence-corrected chi connectivity index (χ0v) is 17.4. The monoisotopic (exact) mass is 411 g/mol. The SMILES string of the molecule is CCC1(CNCc2ccc(Br)cn2)CCCN(C(=O)OC(C)(C)C)C1. The van der Waals surface area contributed by atoms with Crippen LogP contribution in [0.15, 0.2) is 22.8 Å². The molecule has 1 unspecified atom stereocenters. The lowest BCUT2D eigenvalue weighted by molar-refractivity contribution is 0.00330. The van der Waals surface area contributed by atoms with E-state index in [2.05, 4.69) is 33.2 Å². The van der Waals surface area contributed by atoms with Gasteiger partial charge in [-0.3, -0.25) is 4.98 Å². The van der Waals surface area contributed by atoms with Crippen LogP contribution >= 0.6 is 15.9 Å². The van der Waals surface area contributed by atoms with Crippen molar-refractivity contribution in [3.05, 3.63) is 28.5 Å². The van der Waals surface area contributed by atoms with Gasteiger partial charge in [-0.25, -0.2) is 4.79 Å². The van der Waals surface area contributed by atoms with Crippen LogP contribution in [-0.4, -0.2) is 41.2 Å². The maximum absolute atomic E-state index is 12.4. The van der Waals surface area contributed by atoms with Gasteiger partial charge in [-0.15, -0.1) is 0 Å². The molecule has 1 saturated heterocycles. The number of nitrogens with zero attached hydrogens (tertiary/aromatic N) is 2. The van der Waals surface area contributed by atoms with E-state index in [9.17, 15) is 4.79 Å². The lowest BCUT2D eigenvalue weighted by Gasteiger charge is -2.42. The van der Waals surface area contributed by atoms with E-state index in [1.807, 2.05) is 44.0 Å². The summed E-state index contributed by atoms with van der Waals surface area (Å²) in [5.74, 6) is 0. The Labute approximate surface area is 159 Å². The van der Waals surface area contributed by atoms with E-state index >= 15 is 0 Å². The van der Waals surface area contributed by atoms with Crippen molar-refractivity contribution in [2.24, 2.45) is 5.41 Å². The number of piperidine rings is 1. The largest absolute Gasteiger partial charge is 0.444 e. The van der Waals surface area contributed by atoms with Crippen LogP contribution in [0.3, 0.4) is 0 Å². The molecule has 2 heterocycles. The quantitative estimate of drug-likeness (QED) is 0.781. The second kappa shape index (κ2) is 8.49. The molecule has 0 aliphatic carbocycles. The number of hydrogen-bond acceptors (Lipinski definition) is 4. The van der Waals surface area contributed by atoms with Gasteiger partial charge < -0.3 is 15.0 Å². The minimum absolute atomic E-state index is 0.102. The van der Waals surface area contributed by atoms with Crippen LogP contribution < -0.4 is 5.32 Å². The molecule has 1 amide bonds. The molecule has 5 nitrogen and oxygen atoms in total. The first-order valence-electron chi connectivity index (χ1n) is 9.02. The summed E-state index contributed by atoms with van der Waals surface area (Å²) in [6.07, 6.45) is 4.80. The third kappa shape index (κ3) is 6.26. The van der Waals surface area contributed by atoms with Gasteiger partial charge in [0.05, 0.1) is 5.69 Å². The van der Waals surface area contributed by atoms with Crippen LogP contribution in [0.4, 0.5) is 4.79 Å². The van der Waals surface area contributed by atoms with E-state index in [1.165, 1.54) is 0 Å². The van der Waals surface area contributed by atoms with Gasteiger partial charge in [0.15, 0.2) is 0 Å². The standard InChI is InChI=1S/C19H30BrN3O2/c1-5-19(13-21-12-16-8-7-15(20)11-22-16)9-6-10-23(14-19)17(24)25-18(2,3)4/h7-8,11,21H,5-6,9-10,12-14H2,1-4H3. The normalized spacial score (nSPS) is 21.2. The van der Waals surface area contributed by atoms with Crippen LogP contribution in [0.1, 0.15) is 52.7 Å². The third-order valence-corrected chi connectivity index (χ3v) is 5.13. The molecule has 0 aromatic carbocycles. The second-order valence-corrected chi connectivity index (χ2v) is 8.85. The average molecular weight is 412 g/mol. The highest BCUT2D eigenvalue weighted by Gasteiger charge is 2.36. The zero-order chi connectivity index (χ0) is 18.5. The fourth-order valence-corrected chi connectivity index (χ4v) is 3.45. The highest BCUT2D eigenvalue weighted by molar-refractivity contribution is 9.10. The van der Waals surface area contributed by atoms with E-state index in [1.54, 1.807) is 0 Å². The van der Waals surface area contributed by atoms with E-state index in [0.717, 1.165) is 55.6 Å². The number of hydrogen-bond donors (Lipinski definition) is 1. The molecule has 1 N–H and O–H groups in total. The molecule has 25 heavy (non-hydrogen) atoms. The van der Waals surface area contributed by atoms with E-state index in [-0.39, 0.29) is 11.5 Å². The first-order valence-corrected chi connectivity index (χ1v) is 9.81. The van der Waals surface area contributed by atoms with Crippen molar-refractivity contribution in [3.8, 4) is 0 Å². The molecule has 2 rings (SSSR count). The lowest BCUT2D eigenvalue weighted by Crippen LogP contribution is -2.51. The molecular formula is C19H30BrN3O2. The number of ether oxygens (including phenoxy) is 1. The molecule has 0 saturated carbocycles. The van der Waals surface area contributed by atoms with Crippen LogP contribution in [0, 0.1) is 5.41 Å². The summed E-state index contributed by atoms with van der Waals surface area (Å²) < 4.78 is 6.54. The molecule has 0 spiro atoms. The first-order chi connectivity index (χ1) is 11.7. The zero-order valence-electron chi connectivity index (χ0n) is 15.8. The number of carbonyl (C=O) groups excluding carboxylic acids is 1. The van der Waals surface area contributed by atoms with Gasteiger partial charge in [0, 0.05) is 42.3 Å². The minimum Gasteiger partial charge on any atom is -0.444 e. The fraction of sp³-hybridized carbons (Fsp3) is 0.684. The molecule has 1 aliphatic heterocycles. The number of halogens is 1. The lowest BCUT2D eigenvalue weighted by atomic mass is 9.77. The van der Waals surface area contributed by atoms with Gasteiger partial charge >= 0.3 is 6.09 Å². The van der Waals surface area contributed by atoms with Crippen LogP contribution in [0.5, 0.6) is 0 Å². The topological polar surface area (TPSA) is 54.5 Å². The second-order valence-electron chi connectivity index (χ2n) is 7.93. The molecule has 1 aromatic rings. The van der Waals surface area contributed by atoms with Crippen molar-refractivity contribution in [3.63, 3.8) is 0 Å². The number of carbonyl (C=O) groups is 1. The van der Waals surface area contributed by atoms with Gasteiger partial charge in [0.25, 0.3) is 0 Å². The number of likely N-dealkylation sites (tertiary alicyclic amines) is 1. The third-order valence-electron chi connectivity index (χ3n) is 4.66. The van der Waals surface area contributed by atoms with Crippen molar-refractivity contribution < 1.29 is 9.53 Å². The summed E-state index contributed by atoms with van der Waals surface area (Å²) in [6.45, 7) is 11.1. The van der Waals surface area contributed by atoms with Gasteiger partial charge in [0.2, 0.25) is 0 Å². The van der Waals surface area contributed by atoms with Gasteiger partial charge in [0.1, 0.15) is 5.60 Å². The minimum atomic E-state index is -0.449. The maximum Gasteiger partial charge on any atom is 0.410 e. The van der Waals surface area contributed by atoms with E-state index in [4.69, 9.17) is 4.74 Å². The summed E-state index contributed by atoms with van der Waals surface area (Å²) in [5.41, 5.74) is 0.675. The Kier molecular flexibility index (Phi) is 6.86. The van der Waals surface area contributed by atoms with Crippen molar-refractivity contribution in [2.75, 3.05) is 19.6 Å². The Hall–Kier alpha value is -1.14. The molecule has 140 valence electrons. The number of aromatic nitrogens is 1. The summed E-state index contributed by atoms with van der Waals surface area (Å²) >= 11 is 3.40. The van der Waals surface area contributed by atoms with Crippen LogP contribution in [0.25, 0.3) is 0 Å². The predicted octanol–water partition coefficient (Wildman–Crippen LogP) is 4.36. The highest BCUT2D eigenvalue weighted by Crippen LogP contribution is 2.33. The molecule has 1 atom stereocenters. The summed E-state index contributed by atoms with van der Waals surface area (Å²) in [4.78, 5) is 18.7. The molecule has 0 radical (unpaired) electrons. The Balaban J connectivity index is 1.91. The highest BCUT2D eigenvalue weighted by atomic mass is 79.9. The first kappa shape index (κ1) is 20.2. The maximum atomic E-state index is 12.4. The summed E-state index contributed by atoms with van der Waals surface area (Å²) in [6, 6.07) is 4.02. The molecule has 1 fully saturated rings. The number of amides is 1. The van der Waals surface area contributed by atoms with Gasteiger partial charge in [-0.2, -0.15) is 0 Å². The Morgan fingerprint density at radius 3 is 2.80 bits per heavy atom. The number of nitrogens with one attached hydrogen (secondary N) is 1. The molecule has 1 aromatic heterocycles. The smallest absolute Gasteiger partial charge is 0.410 e. The number of pyridine rings is 1. The average Bonchev–Trinajstić information content (AvgIpc) is 2.55. The van der Waals surface area contributed by atoms with E-state index < -0.39 is 5.60 Å². The summed E-state index contributed by atoms with van der Waals surface area (Å²) in [5, 5.41) is 3.53. The molecular weight excluding hydrogens is 382 g/mol. The summed E-state index contributed by atoms with van der Waals surface area (Å²) in [7, 11) is 0. The van der Waals surface area contributed by atoms with Crippen molar-refractivity contribution >= 4 is 22.0 Å². The fourth-order valence-electron chi connectivity index (χ4n) is 3.21. The Morgan fingerprint density at radius 1 is 1.44 bits per heavy atom. The van der Waals surface area contributed by atoms with E-state index in [0.29, 0.717) is 0 Å². The molecule has 1 aliphatic rings. The van der Waals surface area contributed by atoms with Gasteiger partial charge in [-0.1, -0.05) is 6.92 Å². The molecule has 0 bridgehead atoms.